The Kier molecular flexibility index (Phi) is 3.02. The van der Waals surface area contributed by atoms with E-state index in [4.69, 9.17) is 0 Å². The summed E-state index contributed by atoms with van der Waals surface area (Å²) in [6.45, 7) is 1.90. The molecule has 0 saturated carbocycles. The first-order valence-electron chi connectivity index (χ1n) is 5.25. The lowest BCUT2D eigenvalue weighted by Gasteiger charge is -2.10. The molecule has 0 aliphatic carbocycles. The maximum atomic E-state index is 11.8. The number of amides is 1. The Morgan fingerprint density at radius 1 is 1.41 bits per heavy atom. The molecule has 90 valence electrons. The van der Waals surface area contributed by atoms with Gasteiger partial charge in [0.15, 0.2) is 9.84 Å². The Bertz CT molecular complexity index is 575. The standard InChI is InChI=1S/C12H13NO3S/c1-9-3-2-4-10(7-9)12(14)13-11-5-6-17(15,16)8-11/h2-7,11H,8H2,1H3,(H,13,14)/t11-/m1/s1. The van der Waals surface area contributed by atoms with Gasteiger partial charge in [-0.15, -0.1) is 0 Å². The van der Waals surface area contributed by atoms with Crippen molar-refractivity contribution in [1.82, 2.24) is 5.32 Å². The highest BCUT2D eigenvalue weighted by molar-refractivity contribution is 7.94. The zero-order valence-electron chi connectivity index (χ0n) is 9.38. The van der Waals surface area contributed by atoms with Gasteiger partial charge in [-0.05, 0) is 25.1 Å². The minimum Gasteiger partial charge on any atom is -0.345 e. The Balaban J connectivity index is 2.06. The molecule has 0 radical (unpaired) electrons. The van der Waals surface area contributed by atoms with Crippen molar-refractivity contribution in [2.24, 2.45) is 0 Å². The molecule has 1 heterocycles. The molecule has 2 rings (SSSR count). The van der Waals surface area contributed by atoms with Crippen molar-refractivity contribution in [2.45, 2.75) is 13.0 Å². The largest absolute Gasteiger partial charge is 0.345 e. The maximum absolute atomic E-state index is 11.8. The fourth-order valence-corrected chi connectivity index (χ4v) is 2.94. The van der Waals surface area contributed by atoms with Crippen LogP contribution in [0, 0.1) is 6.92 Å². The van der Waals surface area contributed by atoms with Crippen molar-refractivity contribution in [1.29, 1.82) is 0 Å². The fourth-order valence-electron chi connectivity index (χ4n) is 1.70. The number of hydrogen-bond acceptors (Lipinski definition) is 3. The number of hydrogen-bond donors (Lipinski definition) is 1. The van der Waals surface area contributed by atoms with E-state index < -0.39 is 15.9 Å². The molecule has 0 unspecified atom stereocenters. The fraction of sp³-hybridized carbons (Fsp3) is 0.250. The van der Waals surface area contributed by atoms with Crippen LogP contribution in [0.2, 0.25) is 0 Å². The third-order valence-corrected chi connectivity index (χ3v) is 3.92. The van der Waals surface area contributed by atoms with Crippen LogP contribution < -0.4 is 5.32 Å². The van der Waals surface area contributed by atoms with Crippen LogP contribution in [0.4, 0.5) is 0 Å². The Morgan fingerprint density at radius 2 is 2.18 bits per heavy atom. The van der Waals surface area contributed by atoms with Crippen molar-refractivity contribution in [3.63, 3.8) is 0 Å². The molecule has 5 heteroatoms. The van der Waals surface area contributed by atoms with E-state index in [2.05, 4.69) is 5.32 Å². The van der Waals surface area contributed by atoms with E-state index >= 15 is 0 Å². The summed E-state index contributed by atoms with van der Waals surface area (Å²) in [7, 11) is -3.13. The van der Waals surface area contributed by atoms with Crippen LogP contribution in [0.1, 0.15) is 15.9 Å². The lowest BCUT2D eigenvalue weighted by Crippen LogP contribution is -2.35. The molecule has 1 aliphatic heterocycles. The number of benzene rings is 1. The zero-order chi connectivity index (χ0) is 12.5. The predicted molar refractivity (Wildman–Crippen MR) is 65.4 cm³/mol. The Labute approximate surface area is 100 Å². The van der Waals surface area contributed by atoms with Gasteiger partial charge >= 0.3 is 0 Å². The predicted octanol–water partition coefficient (Wildman–Crippen LogP) is 1.04. The topological polar surface area (TPSA) is 63.2 Å². The van der Waals surface area contributed by atoms with E-state index in [1.165, 1.54) is 6.08 Å². The van der Waals surface area contributed by atoms with Crippen molar-refractivity contribution in [3.05, 3.63) is 46.9 Å². The molecule has 1 N–H and O–H groups in total. The molecule has 1 amide bonds. The molecule has 1 atom stereocenters. The summed E-state index contributed by atoms with van der Waals surface area (Å²) in [6.07, 6.45) is 1.50. The molecule has 4 nitrogen and oxygen atoms in total. The third-order valence-electron chi connectivity index (χ3n) is 2.53. The molecule has 1 aliphatic rings. The minimum absolute atomic E-state index is 0.0510. The van der Waals surface area contributed by atoms with Gasteiger partial charge in [0, 0.05) is 11.0 Å². The van der Waals surface area contributed by atoms with Gasteiger partial charge in [-0.2, -0.15) is 0 Å². The number of aryl methyl sites for hydroxylation is 1. The highest BCUT2D eigenvalue weighted by atomic mass is 32.2. The van der Waals surface area contributed by atoms with E-state index in [1.54, 1.807) is 18.2 Å². The number of rotatable bonds is 2. The molecule has 0 saturated heterocycles. The molecule has 0 spiro atoms. The lowest BCUT2D eigenvalue weighted by molar-refractivity contribution is 0.0947. The van der Waals surface area contributed by atoms with Crippen LogP contribution in [0.3, 0.4) is 0 Å². The maximum Gasteiger partial charge on any atom is 0.251 e. The molecule has 17 heavy (non-hydrogen) atoms. The minimum atomic E-state index is -3.13. The van der Waals surface area contributed by atoms with Crippen LogP contribution in [-0.4, -0.2) is 26.1 Å². The van der Waals surface area contributed by atoms with Crippen molar-refractivity contribution in [2.75, 3.05) is 5.75 Å². The van der Waals surface area contributed by atoms with Gasteiger partial charge in [0.2, 0.25) is 0 Å². The normalized spacial score (nSPS) is 21.4. The lowest BCUT2D eigenvalue weighted by atomic mass is 10.1. The molecule has 1 aromatic carbocycles. The first-order valence-corrected chi connectivity index (χ1v) is 6.96. The number of carbonyl (C=O) groups excluding carboxylic acids is 1. The van der Waals surface area contributed by atoms with Crippen LogP contribution in [0.5, 0.6) is 0 Å². The number of carbonyl (C=O) groups is 1. The molecule has 0 aromatic heterocycles. The summed E-state index contributed by atoms with van der Waals surface area (Å²) in [6, 6.07) is 6.74. The Morgan fingerprint density at radius 3 is 2.76 bits per heavy atom. The van der Waals surface area contributed by atoms with Gasteiger partial charge in [-0.25, -0.2) is 8.42 Å². The first-order chi connectivity index (χ1) is 7.96. The van der Waals surface area contributed by atoms with E-state index in [1.807, 2.05) is 13.0 Å². The average Bonchev–Trinajstić information content (AvgIpc) is 2.58. The highest BCUT2D eigenvalue weighted by Crippen LogP contribution is 2.09. The van der Waals surface area contributed by atoms with Gasteiger partial charge in [0.1, 0.15) is 0 Å². The summed E-state index contributed by atoms with van der Waals surface area (Å²) >= 11 is 0. The molecule has 0 bridgehead atoms. The number of nitrogens with one attached hydrogen (secondary N) is 1. The summed E-state index contributed by atoms with van der Waals surface area (Å²) in [4.78, 5) is 11.8. The van der Waals surface area contributed by atoms with Crippen molar-refractivity contribution in [3.8, 4) is 0 Å². The monoisotopic (exact) mass is 251 g/mol. The summed E-state index contributed by atoms with van der Waals surface area (Å²) < 4.78 is 22.3. The molecule has 1 aromatic rings. The van der Waals surface area contributed by atoms with Gasteiger partial charge in [-0.3, -0.25) is 4.79 Å². The average molecular weight is 251 g/mol. The van der Waals surface area contributed by atoms with E-state index in [9.17, 15) is 13.2 Å². The summed E-state index contributed by atoms with van der Waals surface area (Å²) in [5.74, 6) is -0.301. The molecular weight excluding hydrogens is 238 g/mol. The zero-order valence-corrected chi connectivity index (χ0v) is 10.2. The second kappa shape index (κ2) is 4.33. The summed E-state index contributed by atoms with van der Waals surface area (Å²) in [5, 5.41) is 3.82. The van der Waals surface area contributed by atoms with Gasteiger partial charge < -0.3 is 5.32 Å². The molecular formula is C12H13NO3S. The van der Waals surface area contributed by atoms with Gasteiger partial charge in [0.25, 0.3) is 5.91 Å². The highest BCUT2D eigenvalue weighted by Gasteiger charge is 2.23. The van der Waals surface area contributed by atoms with Crippen LogP contribution in [-0.2, 0) is 9.84 Å². The van der Waals surface area contributed by atoms with Crippen molar-refractivity contribution >= 4 is 15.7 Å². The summed E-state index contributed by atoms with van der Waals surface area (Å²) in [5.41, 5.74) is 1.54. The van der Waals surface area contributed by atoms with E-state index in [0.29, 0.717) is 5.56 Å². The Hall–Kier alpha value is -1.62. The van der Waals surface area contributed by atoms with E-state index in [-0.39, 0.29) is 11.7 Å². The van der Waals surface area contributed by atoms with Crippen molar-refractivity contribution < 1.29 is 13.2 Å². The third kappa shape index (κ3) is 2.94. The SMILES string of the molecule is Cc1cccc(C(=O)N[C@@H]2C=CS(=O)(=O)C2)c1. The first kappa shape index (κ1) is 11.9. The van der Waals surface area contributed by atoms with Gasteiger partial charge in [-0.1, -0.05) is 17.7 Å². The second-order valence-electron chi connectivity index (χ2n) is 4.11. The second-order valence-corrected chi connectivity index (χ2v) is 6.04. The quantitative estimate of drug-likeness (QED) is 0.854. The number of sulfone groups is 1. The smallest absolute Gasteiger partial charge is 0.251 e. The molecule has 0 fully saturated rings. The van der Waals surface area contributed by atoms with Crippen LogP contribution >= 0.6 is 0 Å². The van der Waals surface area contributed by atoms with Crippen LogP contribution in [0.25, 0.3) is 0 Å². The van der Waals surface area contributed by atoms with Gasteiger partial charge in [0.05, 0.1) is 11.8 Å². The van der Waals surface area contributed by atoms with E-state index in [0.717, 1.165) is 11.0 Å². The van der Waals surface area contributed by atoms with Crippen LogP contribution in [0.15, 0.2) is 35.7 Å².